The molecule has 0 amide bonds. The lowest BCUT2D eigenvalue weighted by atomic mass is 10.3. The second-order valence-corrected chi connectivity index (χ2v) is 3.13. The van der Waals surface area contributed by atoms with Gasteiger partial charge in [0, 0.05) is 6.54 Å². The molecule has 1 N–H and O–H groups in total. The number of carboxylic acids is 1. The fourth-order valence-corrected chi connectivity index (χ4v) is 1.27. The smallest absolute Gasteiger partial charge is 0.354 e. The summed E-state index contributed by atoms with van der Waals surface area (Å²) in [6.45, 7) is 6.02. The van der Waals surface area contributed by atoms with Crippen molar-refractivity contribution in [1.29, 1.82) is 0 Å². The highest BCUT2D eigenvalue weighted by atomic mass is 16.4. The summed E-state index contributed by atoms with van der Waals surface area (Å²) in [6, 6.07) is 1.58. The molecule has 76 valence electrons. The molecule has 0 fully saturated rings. The lowest BCUT2D eigenvalue weighted by Crippen LogP contribution is -2.09. The highest BCUT2D eigenvalue weighted by molar-refractivity contribution is 5.85. The van der Waals surface area contributed by atoms with Gasteiger partial charge in [-0.05, 0) is 25.8 Å². The van der Waals surface area contributed by atoms with Gasteiger partial charge in [-0.1, -0.05) is 6.08 Å². The molecule has 0 aliphatic rings. The Morgan fingerprint density at radius 2 is 2.50 bits per heavy atom. The molecule has 0 radical (unpaired) electrons. The zero-order chi connectivity index (χ0) is 10.6. The molecule has 0 aromatic carbocycles. The molecule has 1 aromatic heterocycles. The first kappa shape index (κ1) is 10.5. The minimum Gasteiger partial charge on any atom is -0.477 e. The van der Waals surface area contributed by atoms with Crippen LogP contribution in [0.25, 0.3) is 0 Å². The molecule has 1 rings (SSSR count). The fourth-order valence-electron chi connectivity index (χ4n) is 1.27. The minimum atomic E-state index is -0.927. The number of aromatic carboxylic acids is 1. The Morgan fingerprint density at radius 1 is 1.79 bits per heavy atom. The molecule has 1 heterocycles. The summed E-state index contributed by atoms with van der Waals surface area (Å²) in [7, 11) is 0. The normalized spacial score (nSPS) is 10.1. The van der Waals surface area contributed by atoms with Crippen molar-refractivity contribution in [3.05, 3.63) is 30.1 Å². The van der Waals surface area contributed by atoms with E-state index in [4.69, 9.17) is 5.11 Å². The Hall–Kier alpha value is -1.58. The number of hydrogen-bond acceptors (Lipinski definition) is 2. The van der Waals surface area contributed by atoms with E-state index in [0.29, 0.717) is 6.54 Å². The van der Waals surface area contributed by atoms with Crippen molar-refractivity contribution < 1.29 is 9.90 Å². The molecular formula is C10H14N2O2. The van der Waals surface area contributed by atoms with Gasteiger partial charge < -0.3 is 5.11 Å². The molecule has 0 aliphatic carbocycles. The molecule has 14 heavy (non-hydrogen) atoms. The predicted molar refractivity (Wildman–Crippen MR) is 53.4 cm³/mol. The fraction of sp³-hybridized carbons (Fsp3) is 0.400. The van der Waals surface area contributed by atoms with Gasteiger partial charge in [0.25, 0.3) is 0 Å². The first-order valence-electron chi connectivity index (χ1n) is 4.54. The van der Waals surface area contributed by atoms with Crippen molar-refractivity contribution in [3.8, 4) is 0 Å². The number of hydrogen-bond donors (Lipinski definition) is 1. The van der Waals surface area contributed by atoms with E-state index in [9.17, 15) is 4.79 Å². The van der Waals surface area contributed by atoms with E-state index in [2.05, 4.69) is 11.7 Å². The molecule has 0 aliphatic heterocycles. The molecule has 1 aromatic rings. The number of carbonyl (C=O) groups is 1. The molecule has 4 nitrogen and oxygen atoms in total. The van der Waals surface area contributed by atoms with Gasteiger partial charge in [-0.3, -0.25) is 4.68 Å². The van der Waals surface area contributed by atoms with Crippen LogP contribution < -0.4 is 0 Å². The number of nitrogens with zero attached hydrogens (tertiary/aromatic N) is 2. The summed E-state index contributed by atoms with van der Waals surface area (Å²) in [5, 5.41) is 13.0. The summed E-state index contributed by atoms with van der Waals surface area (Å²) >= 11 is 0. The summed E-state index contributed by atoms with van der Waals surface area (Å²) in [5.74, 6) is -0.927. The Morgan fingerprint density at radius 3 is 3.07 bits per heavy atom. The van der Waals surface area contributed by atoms with Crippen LogP contribution >= 0.6 is 0 Å². The number of rotatable bonds is 5. The first-order valence-corrected chi connectivity index (χ1v) is 4.54. The minimum absolute atomic E-state index is 0.256. The highest BCUT2D eigenvalue weighted by Gasteiger charge is 2.11. The van der Waals surface area contributed by atoms with E-state index in [1.54, 1.807) is 13.0 Å². The largest absolute Gasteiger partial charge is 0.477 e. The standard InChI is InChI=1S/C10H14N2O2/c1-3-4-5-6-12-9(10(13)14)7-8(2)11-12/h3,7H,1,4-6H2,2H3,(H,13,14). The van der Waals surface area contributed by atoms with Crippen LogP contribution in [0.2, 0.25) is 0 Å². The van der Waals surface area contributed by atoms with Gasteiger partial charge >= 0.3 is 5.97 Å². The number of carboxylic acid groups (broad SMARTS) is 1. The highest BCUT2D eigenvalue weighted by Crippen LogP contribution is 2.05. The molecule has 0 bridgehead atoms. The van der Waals surface area contributed by atoms with Crippen LogP contribution in [0.1, 0.15) is 29.0 Å². The average molecular weight is 194 g/mol. The summed E-state index contributed by atoms with van der Waals surface area (Å²) in [4.78, 5) is 10.8. The molecule has 0 atom stereocenters. The van der Waals surface area contributed by atoms with Crippen molar-refractivity contribution in [3.63, 3.8) is 0 Å². The summed E-state index contributed by atoms with van der Waals surface area (Å²) in [6.07, 6.45) is 3.56. The maximum absolute atomic E-state index is 10.8. The molecule has 0 saturated carbocycles. The first-order chi connectivity index (χ1) is 6.65. The maximum atomic E-state index is 10.8. The van der Waals surface area contributed by atoms with Gasteiger partial charge in [-0.25, -0.2) is 4.79 Å². The molecule has 0 unspecified atom stereocenters. The second kappa shape index (κ2) is 4.60. The molecule has 4 heteroatoms. The lowest BCUT2D eigenvalue weighted by molar-refractivity contribution is 0.0683. The Balaban J connectivity index is 2.74. The van der Waals surface area contributed by atoms with Crippen LogP contribution in [0.4, 0.5) is 0 Å². The van der Waals surface area contributed by atoms with Gasteiger partial charge in [0.05, 0.1) is 5.69 Å². The number of aryl methyl sites for hydroxylation is 2. The Kier molecular flexibility index (Phi) is 3.45. The van der Waals surface area contributed by atoms with Crippen LogP contribution in [0.3, 0.4) is 0 Å². The van der Waals surface area contributed by atoms with E-state index in [0.717, 1.165) is 18.5 Å². The van der Waals surface area contributed by atoms with Gasteiger partial charge in [0.15, 0.2) is 0 Å². The van der Waals surface area contributed by atoms with Gasteiger partial charge in [-0.2, -0.15) is 5.10 Å². The van der Waals surface area contributed by atoms with Crippen LogP contribution in [0.5, 0.6) is 0 Å². The van der Waals surface area contributed by atoms with Crippen molar-refractivity contribution in [2.45, 2.75) is 26.3 Å². The van der Waals surface area contributed by atoms with Crippen molar-refractivity contribution in [2.24, 2.45) is 0 Å². The monoisotopic (exact) mass is 194 g/mol. The summed E-state index contributed by atoms with van der Waals surface area (Å²) in [5.41, 5.74) is 0.993. The van der Waals surface area contributed by atoms with Crippen molar-refractivity contribution >= 4 is 5.97 Å². The van der Waals surface area contributed by atoms with E-state index < -0.39 is 5.97 Å². The molecular weight excluding hydrogens is 180 g/mol. The van der Waals surface area contributed by atoms with Crippen LogP contribution in [-0.2, 0) is 6.54 Å². The number of allylic oxidation sites excluding steroid dienone is 1. The average Bonchev–Trinajstić information content (AvgIpc) is 2.47. The van der Waals surface area contributed by atoms with Crippen LogP contribution in [0, 0.1) is 6.92 Å². The Bertz CT molecular complexity index is 342. The quantitative estimate of drug-likeness (QED) is 0.575. The topological polar surface area (TPSA) is 55.1 Å². The van der Waals surface area contributed by atoms with Crippen molar-refractivity contribution in [1.82, 2.24) is 9.78 Å². The maximum Gasteiger partial charge on any atom is 0.354 e. The Labute approximate surface area is 82.9 Å². The SMILES string of the molecule is C=CCCCn1nc(C)cc1C(=O)O. The van der Waals surface area contributed by atoms with Crippen LogP contribution in [0.15, 0.2) is 18.7 Å². The van der Waals surface area contributed by atoms with E-state index in [-0.39, 0.29) is 5.69 Å². The third-order valence-corrected chi connectivity index (χ3v) is 1.90. The molecule has 0 saturated heterocycles. The molecule has 0 spiro atoms. The van der Waals surface area contributed by atoms with Gasteiger partial charge in [-0.15, -0.1) is 6.58 Å². The third kappa shape index (κ3) is 2.45. The number of unbranched alkanes of at least 4 members (excludes halogenated alkanes) is 1. The second-order valence-electron chi connectivity index (χ2n) is 3.13. The van der Waals surface area contributed by atoms with Crippen LogP contribution in [-0.4, -0.2) is 20.9 Å². The van der Waals surface area contributed by atoms with Crippen molar-refractivity contribution in [2.75, 3.05) is 0 Å². The van der Waals surface area contributed by atoms with E-state index in [1.807, 2.05) is 6.08 Å². The van der Waals surface area contributed by atoms with Gasteiger partial charge in [0.1, 0.15) is 5.69 Å². The summed E-state index contributed by atoms with van der Waals surface area (Å²) < 4.78 is 1.53. The zero-order valence-corrected chi connectivity index (χ0v) is 8.23. The van der Waals surface area contributed by atoms with E-state index in [1.165, 1.54) is 4.68 Å². The third-order valence-electron chi connectivity index (χ3n) is 1.90. The zero-order valence-electron chi connectivity index (χ0n) is 8.23. The number of aromatic nitrogens is 2. The van der Waals surface area contributed by atoms with Gasteiger partial charge in [0.2, 0.25) is 0 Å². The van der Waals surface area contributed by atoms with E-state index >= 15 is 0 Å². The lowest BCUT2D eigenvalue weighted by Gasteiger charge is -2.02. The predicted octanol–water partition coefficient (Wildman–Crippen LogP) is 1.86.